The predicted octanol–water partition coefficient (Wildman–Crippen LogP) is -0.643. The number of hydrogen-bond acceptors (Lipinski definition) is 9. The highest BCUT2D eigenvalue weighted by Crippen LogP contribution is 2.44. The first-order valence-electron chi connectivity index (χ1n) is 6.97. The minimum Gasteiger partial charge on any atom is -0.387 e. The molecule has 2 aromatic heterocycles. The van der Waals surface area contributed by atoms with E-state index in [1.165, 1.54) is 10.9 Å². The number of hydrogen-bond donors (Lipinski definition) is 5. The predicted molar refractivity (Wildman–Crippen MR) is 84.9 cm³/mol. The number of azide groups is 1. The van der Waals surface area contributed by atoms with Gasteiger partial charge >= 0.3 is 7.60 Å². The molecule has 14 nitrogen and oxygen atoms in total. The molecule has 4 atom stereocenters. The van der Waals surface area contributed by atoms with Gasteiger partial charge in [-0.15, -0.1) is 0 Å². The van der Waals surface area contributed by atoms with Crippen LogP contribution >= 0.6 is 7.60 Å². The first-order valence-corrected chi connectivity index (χ1v) is 8.65. The van der Waals surface area contributed by atoms with E-state index in [9.17, 15) is 14.8 Å². The van der Waals surface area contributed by atoms with Crippen molar-refractivity contribution in [3.05, 3.63) is 35.0 Å². The van der Waals surface area contributed by atoms with E-state index in [4.69, 9.17) is 25.8 Å². The molecule has 15 heteroatoms. The maximum atomic E-state index is 11.1. The largest absolute Gasteiger partial charge is 0.387 e. The van der Waals surface area contributed by atoms with Gasteiger partial charge in [-0.25, -0.2) is 15.0 Å². The van der Waals surface area contributed by atoms with Gasteiger partial charge in [0.2, 0.25) is 0 Å². The van der Waals surface area contributed by atoms with Crippen LogP contribution in [0.2, 0.25) is 0 Å². The Labute approximate surface area is 144 Å². The quantitative estimate of drug-likeness (QED) is 0.194. The molecule has 3 heterocycles. The molecule has 0 spiro atoms. The van der Waals surface area contributed by atoms with Crippen molar-refractivity contribution in [3.8, 4) is 0 Å². The number of nitrogen functional groups attached to an aromatic ring is 1. The van der Waals surface area contributed by atoms with Crippen LogP contribution in [0.5, 0.6) is 0 Å². The molecule has 0 aliphatic carbocycles. The van der Waals surface area contributed by atoms with Crippen LogP contribution in [0.25, 0.3) is 21.6 Å². The van der Waals surface area contributed by atoms with Crippen molar-refractivity contribution in [2.75, 3.05) is 5.73 Å². The maximum absolute atomic E-state index is 11.1. The van der Waals surface area contributed by atoms with E-state index in [1.807, 2.05) is 0 Å². The molecule has 0 radical (unpaired) electrons. The fourth-order valence-corrected chi connectivity index (χ4v) is 2.95. The van der Waals surface area contributed by atoms with Crippen molar-refractivity contribution < 1.29 is 29.3 Å². The highest BCUT2D eigenvalue weighted by atomic mass is 31.2. The summed E-state index contributed by atoms with van der Waals surface area (Å²) in [6.45, 7) is 0. The molecule has 0 unspecified atom stereocenters. The topological polar surface area (TPSA) is 226 Å². The molecule has 26 heavy (non-hydrogen) atoms. The first-order chi connectivity index (χ1) is 12.2. The fourth-order valence-electron chi connectivity index (χ4n) is 2.54. The normalized spacial score (nSPS) is 29.3. The van der Waals surface area contributed by atoms with Crippen molar-refractivity contribution in [3.63, 3.8) is 0 Å². The number of rotatable bonds is 4. The Morgan fingerprint density at radius 3 is 2.81 bits per heavy atom. The van der Waals surface area contributed by atoms with Crippen LogP contribution in [0.1, 0.15) is 6.23 Å². The van der Waals surface area contributed by atoms with Gasteiger partial charge in [0.25, 0.3) is 0 Å². The van der Waals surface area contributed by atoms with E-state index in [0.29, 0.717) is 11.9 Å². The number of nitrogens with zero attached hydrogens (tertiary/aromatic N) is 7. The average molecular weight is 384 g/mol. The SMILES string of the molecule is [N-]=[N+]=N[C@]1(C=CP(=O)(O)O)O[C@@H](n2cnc3c(N)ncnc32)[C@H](O)[C@@H]1O. The third-order valence-corrected chi connectivity index (χ3v) is 4.26. The monoisotopic (exact) mass is 384 g/mol. The molecular formula is C11H13N8O6P. The molecule has 0 saturated carbocycles. The summed E-state index contributed by atoms with van der Waals surface area (Å²) in [5.74, 6) is 0.483. The number of aliphatic hydroxyl groups excluding tert-OH is 2. The van der Waals surface area contributed by atoms with Gasteiger partial charge in [-0.1, -0.05) is 5.11 Å². The summed E-state index contributed by atoms with van der Waals surface area (Å²) in [6, 6.07) is 0. The molecule has 1 aliphatic rings. The lowest BCUT2D eigenvalue weighted by atomic mass is 10.1. The second kappa shape index (κ2) is 6.30. The molecule has 0 amide bonds. The van der Waals surface area contributed by atoms with Gasteiger partial charge in [-0.3, -0.25) is 9.13 Å². The van der Waals surface area contributed by atoms with E-state index in [0.717, 1.165) is 6.33 Å². The lowest BCUT2D eigenvalue weighted by Crippen LogP contribution is -2.39. The Balaban J connectivity index is 2.08. The number of anilines is 1. The third kappa shape index (κ3) is 3.02. The van der Waals surface area contributed by atoms with Gasteiger partial charge in [-0.05, 0) is 11.6 Å². The summed E-state index contributed by atoms with van der Waals surface area (Å²) in [7, 11) is -4.65. The van der Waals surface area contributed by atoms with Gasteiger partial charge in [0.1, 0.15) is 24.1 Å². The van der Waals surface area contributed by atoms with E-state index in [2.05, 4.69) is 25.0 Å². The zero-order valence-corrected chi connectivity index (χ0v) is 13.7. The molecule has 138 valence electrons. The number of fused-ring (bicyclic) bond motifs is 1. The van der Waals surface area contributed by atoms with Crippen molar-refractivity contribution in [2.24, 2.45) is 5.11 Å². The maximum Gasteiger partial charge on any atom is 0.348 e. The fraction of sp³-hybridized carbons (Fsp3) is 0.364. The molecule has 0 bridgehead atoms. The molecule has 1 saturated heterocycles. The van der Waals surface area contributed by atoms with Gasteiger partial charge in [-0.2, -0.15) is 0 Å². The van der Waals surface area contributed by atoms with Crippen LogP contribution < -0.4 is 5.73 Å². The Bertz CT molecular complexity index is 967. The summed E-state index contributed by atoms with van der Waals surface area (Å²) in [6.07, 6.45) is -1.74. The Morgan fingerprint density at radius 2 is 2.15 bits per heavy atom. The number of aromatic nitrogens is 4. The zero-order valence-electron chi connectivity index (χ0n) is 12.8. The second-order valence-corrected chi connectivity index (χ2v) is 6.85. The van der Waals surface area contributed by atoms with E-state index < -0.39 is 31.8 Å². The van der Waals surface area contributed by atoms with Crippen molar-refractivity contribution in [2.45, 2.75) is 24.2 Å². The van der Waals surface area contributed by atoms with Crippen LogP contribution in [-0.2, 0) is 9.30 Å². The van der Waals surface area contributed by atoms with E-state index in [1.54, 1.807) is 0 Å². The Morgan fingerprint density at radius 1 is 1.42 bits per heavy atom. The second-order valence-electron chi connectivity index (χ2n) is 5.37. The first kappa shape index (κ1) is 18.2. The number of aliphatic hydroxyl groups is 2. The summed E-state index contributed by atoms with van der Waals surface area (Å²) in [5.41, 5.74) is 12.6. The van der Waals surface area contributed by atoms with Crippen molar-refractivity contribution in [1.29, 1.82) is 0 Å². The van der Waals surface area contributed by atoms with Gasteiger partial charge in [0.15, 0.2) is 23.4 Å². The lowest BCUT2D eigenvalue weighted by Gasteiger charge is -2.22. The van der Waals surface area contributed by atoms with Gasteiger partial charge in [0.05, 0.1) is 6.33 Å². The highest BCUT2D eigenvalue weighted by molar-refractivity contribution is 7.55. The zero-order chi connectivity index (χ0) is 19.1. The third-order valence-electron chi connectivity index (χ3n) is 3.72. The minimum absolute atomic E-state index is 0.0736. The molecule has 2 aromatic rings. The molecular weight excluding hydrogens is 371 g/mol. The minimum atomic E-state index is -4.65. The number of ether oxygens (including phenoxy) is 1. The van der Waals surface area contributed by atoms with Crippen molar-refractivity contribution in [1.82, 2.24) is 19.5 Å². The van der Waals surface area contributed by atoms with Crippen LogP contribution in [0.15, 0.2) is 29.7 Å². The van der Waals surface area contributed by atoms with Crippen LogP contribution in [0, 0.1) is 0 Å². The molecule has 1 aliphatic heterocycles. The summed E-state index contributed by atoms with van der Waals surface area (Å²) < 4.78 is 17.8. The molecule has 3 rings (SSSR count). The Hall–Kier alpha value is -2.57. The van der Waals surface area contributed by atoms with E-state index in [-0.39, 0.29) is 17.0 Å². The van der Waals surface area contributed by atoms with Crippen LogP contribution in [-0.4, -0.2) is 57.5 Å². The Kier molecular flexibility index (Phi) is 4.42. The lowest BCUT2D eigenvalue weighted by molar-refractivity contribution is -0.0695. The van der Waals surface area contributed by atoms with Crippen LogP contribution in [0.4, 0.5) is 5.82 Å². The van der Waals surface area contributed by atoms with Crippen LogP contribution in [0.3, 0.4) is 0 Å². The smallest absolute Gasteiger partial charge is 0.348 e. The molecule has 1 fully saturated rings. The standard InChI is InChI=1S/C11H13N8O6P/c12-8-5-9(15-3-14-8)19(4-16-5)10-6(20)7(21)11(25-10,17-18-13)1-2-26(22,23)24/h1-4,6-7,10,20-21H,(H2,12,14,15)(H2,22,23,24)/t6-,7+,10-,11-/m1/s1. The van der Waals surface area contributed by atoms with Gasteiger partial charge in [0, 0.05) is 10.7 Å². The summed E-state index contributed by atoms with van der Waals surface area (Å²) in [4.78, 5) is 32.2. The molecule has 0 aromatic carbocycles. The van der Waals surface area contributed by atoms with Crippen molar-refractivity contribution >= 4 is 24.6 Å². The average Bonchev–Trinajstić information content (AvgIpc) is 3.09. The van der Waals surface area contributed by atoms with Gasteiger partial charge < -0.3 is 30.5 Å². The highest BCUT2D eigenvalue weighted by Gasteiger charge is 2.54. The number of nitrogens with two attached hydrogens (primary N) is 1. The summed E-state index contributed by atoms with van der Waals surface area (Å²) >= 11 is 0. The van der Waals surface area contributed by atoms with E-state index >= 15 is 0 Å². The number of imidazole rings is 1. The summed E-state index contributed by atoms with van der Waals surface area (Å²) in [5, 5.41) is 23.9. The molecule has 6 N–H and O–H groups in total.